The highest BCUT2D eigenvalue weighted by molar-refractivity contribution is 7.92. The van der Waals surface area contributed by atoms with Crippen LogP contribution < -0.4 is 23.8 Å². The Morgan fingerprint density at radius 3 is 2.70 bits per heavy atom. The largest absolute Gasteiger partial charge is 0.497 e. The van der Waals surface area contributed by atoms with Crippen molar-refractivity contribution < 1.29 is 27.4 Å². The van der Waals surface area contributed by atoms with Gasteiger partial charge in [-0.1, -0.05) is 6.07 Å². The third-order valence-corrected chi connectivity index (χ3v) is 5.13. The lowest BCUT2D eigenvalue weighted by atomic mass is 10.2. The summed E-state index contributed by atoms with van der Waals surface area (Å²) in [6, 6.07) is 11.7. The molecule has 0 aromatic heterocycles. The Labute approximate surface area is 157 Å². The van der Waals surface area contributed by atoms with Crippen LogP contribution in [-0.4, -0.2) is 41.0 Å². The Bertz CT molecular complexity index is 945. The summed E-state index contributed by atoms with van der Waals surface area (Å²) in [5.74, 6) is 1.40. The smallest absolute Gasteiger partial charge is 0.232 e. The van der Waals surface area contributed by atoms with Gasteiger partial charge in [-0.15, -0.1) is 0 Å². The molecule has 0 atom stereocenters. The average Bonchev–Trinajstić information content (AvgIpc) is 3.08. The summed E-state index contributed by atoms with van der Waals surface area (Å²) in [5.41, 5.74) is 0.990. The van der Waals surface area contributed by atoms with Crippen LogP contribution in [0, 0.1) is 0 Å². The van der Waals surface area contributed by atoms with Crippen molar-refractivity contribution in [1.82, 2.24) is 0 Å². The molecule has 0 radical (unpaired) electrons. The zero-order valence-electron chi connectivity index (χ0n) is 15.0. The van der Waals surface area contributed by atoms with Crippen LogP contribution in [0.1, 0.15) is 6.42 Å². The normalized spacial score (nSPS) is 12.5. The summed E-state index contributed by atoms with van der Waals surface area (Å²) in [6.45, 7) is 0.152. The van der Waals surface area contributed by atoms with Crippen molar-refractivity contribution in [3.8, 4) is 17.2 Å². The van der Waals surface area contributed by atoms with E-state index in [1.807, 2.05) is 0 Å². The Kier molecular flexibility index (Phi) is 5.41. The van der Waals surface area contributed by atoms with Crippen LogP contribution in [0.2, 0.25) is 0 Å². The fraction of sp³-hybridized carbons (Fsp3) is 0.278. The van der Waals surface area contributed by atoms with Crippen molar-refractivity contribution in [2.75, 3.05) is 36.3 Å². The number of amides is 1. The highest BCUT2D eigenvalue weighted by atomic mass is 32.2. The SMILES string of the molecule is COc1cccc(N(CCC(=O)Nc2ccc3c(c2)OCO3)S(C)(=O)=O)c1. The minimum atomic E-state index is -3.56. The number of anilines is 2. The highest BCUT2D eigenvalue weighted by Gasteiger charge is 2.20. The molecule has 9 heteroatoms. The van der Waals surface area contributed by atoms with Crippen molar-refractivity contribution in [2.24, 2.45) is 0 Å². The van der Waals surface area contributed by atoms with Crippen LogP contribution in [0.5, 0.6) is 17.2 Å². The van der Waals surface area contributed by atoms with E-state index in [0.29, 0.717) is 28.6 Å². The molecule has 1 aliphatic rings. The first-order valence-corrected chi connectivity index (χ1v) is 10.0. The molecule has 1 amide bonds. The molecule has 3 rings (SSSR count). The van der Waals surface area contributed by atoms with E-state index < -0.39 is 10.0 Å². The molecule has 0 fully saturated rings. The topological polar surface area (TPSA) is 94.2 Å². The number of ether oxygens (including phenoxy) is 3. The van der Waals surface area contributed by atoms with Gasteiger partial charge in [0.25, 0.3) is 0 Å². The van der Waals surface area contributed by atoms with E-state index in [4.69, 9.17) is 14.2 Å². The summed E-state index contributed by atoms with van der Waals surface area (Å²) >= 11 is 0. The van der Waals surface area contributed by atoms with Gasteiger partial charge in [0.05, 0.1) is 19.1 Å². The van der Waals surface area contributed by atoms with Gasteiger partial charge in [-0.2, -0.15) is 0 Å². The molecule has 27 heavy (non-hydrogen) atoms. The number of hydrogen-bond acceptors (Lipinski definition) is 6. The number of carbonyl (C=O) groups is 1. The van der Waals surface area contributed by atoms with Gasteiger partial charge in [-0.3, -0.25) is 9.10 Å². The Morgan fingerprint density at radius 2 is 1.96 bits per heavy atom. The van der Waals surface area contributed by atoms with Gasteiger partial charge in [0, 0.05) is 30.8 Å². The lowest BCUT2D eigenvalue weighted by Crippen LogP contribution is -2.33. The Balaban J connectivity index is 1.67. The average molecular weight is 392 g/mol. The molecule has 0 saturated heterocycles. The summed E-state index contributed by atoms with van der Waals surface area (Å²) in [7, 11) is -2.06. The number of sulfonamides is 1. The summed E-state index contributed by atoms with van der Waals surface area (Å²) in [6.07, 6.45) is 1.08. The Morgan fingerprint density at radius 1 is 1.19 bits per heavy atom. The number of nitrogens with zero attached hydrogens (tertiary/aromatic N) is 1. The molecule has 1 aliphatic heterocycles. The van der Waals surface area contributed by atoms with Crippen LogP contribution in [-0.2, 0) is 14.8 Å². The molecular formula is C18H20N2O6S. The van der Waals surface area contributed by atoms with Crippen LogP contribution in [0.4, 0.5) is 11.4 Å². The van der Waals surface area contributed by atoms with E-state index in [1.54, 1.807) is 42.5 Å². The van der Waals surface area contributed by atoms with Gasteiger partial charge in [-0.25, -0.2) is 8.42 Å². The summed E-state index contributed by atoms with van der Waals surface area (Å²) in [4.78, 5) is 12.3. The number of methoxy groups -OCH3 is 1. The first kappa shape index (κ1) is 18.8. The molecule has 144 valence electrons. The summed E-state index contributed by atoms with van der Waals surface area (Å²) in [5, 5.41) is 2.73. The molecular weight excluding hydrogens is 372 g/mol. The molecule has 0 bridgehead atoms. The molecule has 2 aromatic rings. The summed E-state index contributed by atoms with van der Waals surface area (Å²) < 4.78 is 41.1. The minimum Gasteiger partial charge on any atom is -0.497 e. The van der Waals surface area contributed by atoms with Gasteiger partial charge >= 0.3 is 0 Å². The highest BCUT2D eigenvalue weighted by Crippen LogP contribution is 2.34. The predicted molar refractivity (Wildman–Crippen MR) is 101 cm³/mol. The van der Waals surface area contributed by atoms with Crippen molar-refractivity contribution in [3.63, 3.8) is 0 Å². The maximum atomic E-state index is 12.3. The first-order chi connectivity index (χ1) is 12.9. The molecule has 0 aliphatic carbocycles. The minimum absolute atomic E-state index is 0.00237. The number of benzene rings is 2. The molecule has 0 saturated carbocycles. The molecule has 0 spiro atoms. The number of carbonyl (C=O) groups excluding carboxylic acids is 1. The van der Waals surface area contributed by atoms with Gasteiger partial charge in [0.15, 0.2) is 11.5 Å². The first-order valence-electron chi connectivity index (χ1n) is 8.18. The predicted octanol–water partition coefficient (Wildman–Crippen LogP) is 2.22. The van der Waals surface area contributed by atoms with Crippen molar-refractivity contribution in [3.05, 3.63) is 42.5 Å². The van der Waals surface area contributed by atoms with E-state index in [2.05, 4.69) is 5.32 Å². The van der Waals surface area contributed by atoms with Gasteiger partial charge in [0.2, 0.25) is 22.7 Å². The monoisotopic (exact) mass is 392 g/mol. The van der Waals surface area contributed by atoms with E-state index >= 15 is 0 Å². The molecule has 1 heterocycles. The lowest BCUT2D eigenvalue weighted by molar-refractivity contribution is -0.116. The fourth-order valence-electron chi connectivity index (χ4n) is 2.65. The number of rotatable bonds is 7. The molecule has 1 N–H and O–H groups in total. The zero-order valence-corrected chi connectivity index (χ0v) is 15.8. The van der Waals surface area contributed by atoms with E-state index in [1.165, 1.54) is 11.4 Å². The maximum absolute atomic E-state index is 12.3. The van der Waals surface area contributed by atoms with Crippen molar-refractivity contribution >= 4 is 27.3 Å². The van der Waals surface area contributed by atoms with Crippen LogP contribution in [0.15, 0.2) is 42.5 Å². The quantitative estimate of drug-likeness (QED) is 0.777. The second-order valence-electron chi connectivity index (χ2n) is 5.90. The van der Waals surface area contributed by atoms with Crippen LogP contribution in [0.3, 0.4) is 0 Å². The zero-order chi connectivity index (χ0) is 19.4. The lowest BCUT2D eigenvalue weighted by Gasteiger charge is -2.22. The van der Waals surface area contributed by atoms with Crippen molar-refractivity contribution in [1.29, 1.82) is 0 Å². The second kappa shape index (κ2) is 7.75. The maximum Gasteiger partial charge on any atom is 0.232 e. The van der Waals surface area contributed by atoms with Crippen LogP contribution in [0.25, 0.3) is 0 Å². The van der Waals surface area contributed by atoms with E-state index in [-0.39, 0.29) is 25.7 Å². The molecule has 0 unspecified atom stereocenters. The van der Waals surface area contributed by atoms with Crippen LogP contribution >= 0.6 is 0 Å². The number of nitrogens with one attached hydrogen (secondary N) is 1. The number of fused-ring (bicyclic) bond motifs is 1. The fourth-order valence-corrected chi connectivity index (χ4v) is 3.57. The molecule has 8 nitrogen and oxygen atoms in total. The van der Waals surface area contributed by atoms with Crippen molar-refractivity contribution in [2.45, 2.75) is 6.42 Å². The van der Waals surface area contributed by atoms with Gasteiger partial charge in [-0.05, 0) is 24.3 Å². The standard InChI is InChI=1S/C18H20N2O6S/c1-24-15-5-3-4-14(11-15)20(27(2,22)23)9-8-18(21)19-13-6-7-16-17(10-13)26-12-25-16/h3-7,10-11H,8-9,12H2,1-2H3,(H,19,21). The third-order valence-electron chi connectivity index (χ3n) is 3.94. The van der Waals surface area contributed by atoms with Gasteiger partial charge in [0.1, 0.15) is 5.75 Å². The van der Waals surface area contributed by atoms with E-state index in [0.717, 1.165) is 6.26 Å². The third kappa shape index (κ3) is 4.62. The van der Waals surface area contributed by atoms with Gasteiger partial charge < -0.3 is 19.5 Å². The number of hydrogen-bond donors (Lipinski definition) is 1. The van der Waals surface area contributed by atoms with E-state index in [9.17, 15) is 13.2 Å². The second-order valence-corrected chi connectivity index (χ2v) is 7.81. The molecule has 2 aromatic carbocycles. The Hall–Kier alpha value is -2.94.